The van der Waals surface area contributed by atoms with Crippen molar-refractivity contribution in [3.05, 3.63) is 65.7 Å². The second-order valence-electron chi connectivity index (χ2n) is 4.57. The quantitative estimate of drug-likeness (QED) is 0.816. The third-order valence-corrected chi connectivity index (χ3v) is 3.95. The average molecular weight is 268 g/mol. The molecule has 0 radical (unpaired) electrons. The number of benzene rings is 2. The van der Waals surface area contributed by atoms with Gasteiger partial charge in [0.25, 0.3) is 0 Å². The van der Waals surface area contributed by atoms with Crippen LogP contribution in [0.4, 0.5) is 5.69 Å². The number of fused-ring (bicyclic) bond motifs is 1. The first-order valence-corrected chi connectivity index (χ1v) is 7.59. The maximum absolute atomic E-state index is 4.75. The second kappa shape index (κ2) is 5.49. The van der Waals surface area contributed by atoms with E-state index < -0.39 is 0 Å². The first-order valence-electron chi connectivity index (χ1n) is 6.36. The Morgan fingerprint density at radius 2 is 1.79 bits per heavy atom. The lowest BCUT2D eigenvalue weighted by Crippen LogP contribution is -2.30. The zero-order valence-electron chi connectivity index (χ0n) is 10.9. The Kier molecular flexibility index (Phi) is 3.56. The Hall–Kier alpha value is -1.74. The third-order valence-electron chi connectivity index (χ3n) is 3.24. The molecule has 0 spiro atoms. The predicted octanol–water partition coefficient (Wildman–Crippen LogP) is 4.05. The van der Waals surface area contributed by atoms with E-state index in [-0.39, 0.29) is 0 Å². The first kappa shape index (κ1) is 12.3. The summed E-state index contributed by atoms with van der Waals surface area (Å²) in [4.78, 5) is 7.08. The van der Waals surface area contributed by atoms with Gasteiger partial charge in [0.15, 0.2) is 5.17 Å². The molecule has 1 heterocycles. The maximum Gasteiger partial charge on any atom is 0.164 e. The van der Waals surface area contributed by atoms with Crippen molar-refractivity contribution in [3.8, 4) is 0 Å². The third kappa shape index (κ3) is 2.66. The number of thioether (sulfide) groups is 1. The van der Waals surface area contributed by atoms with Crippen molar-refractivity contribution in [2.45, 2.75) is 13.1 Å². The molecule has 0 N–H and O–H groups in total. The minimum Gasteiger partial charge on any atom is -0.342 e. The Morgan fingerprint density at radius 3 is 2.58 bits per heavy atom. The number of hydrogen-bond donors (Lipinski definition) is 0. The molecule has 0 aromatic heterocycles. The van der Waals surface area contributed by atoms with Gasteiger partial charge in [0.2, 0.25) is 0 Å². The smallest absolute Gasteiger partial charge is 0.164 e. The van der Waals surface area contributed by atoms with Crippen LogP contribution in [0.1, 0.15) is 11.1 Å². The molecule has 0 saturated carbocycles. The number of aliphatic imine (C=N–C) groups is 1. The lowest BCUT2D eigenvalue weighted by atomic mass is 10.1. The van der Waals surface area contributed by atoms with Crippen LogP contribution >= 0.6 is 11.8 Å². The van der Waals surface area contributed by atoms with Crippen LogP contribution in [0.15, 0.2) is 59.6 Å². The van der Waals surface area contributed by atoms with E-state index in [0.717, 1.165) is 23.9 Å². The molecule has 0 aliphatic carbocycles. The predicted molar refractivity (Wildman–Crippen MR) is 82.7 cm³/mol. The van der Waals surface area contributed by atoms with E-state index >= 15 is 0 Å². The molecule has 1 aliphatic rings. The van der Waals surface area contributed by atoms with Crippen molar-refractivity contribution in [2.75, 3.05) is 6.26 Å². The number of amidine groups is 1. The summed E-state index contributed by atoms with van der Waals surface area (Å²) < 4.78 is 0. The Bertz CT molecular complexity index is 593. The molecule has 0 fully saturated rings. The van der Waals surface area contributed by atoms with Crippen LogP contribution in [0.5, 0.6) is 0 Å². The monoisotopic (exact) mass is 268 g/mol. The van der Waals surface area contributed by atoms with Gasteiger partial charge < -0.3 is 4.90 Å². The van der Waals surface area contributed by atoms with Crippen LogP contribution in [-0.4, -0.2) is 16.3 Å². The van der Waals surface area contributed by atoms with Gasteiger partial charge in [-0.1, -0.05) is 60.3 Å². The second-order valence-corrected chi connectivity index (χ2v) is 5.34. The van der Waals surface area contributed by atoms with Gasteiger partial charge in [0.1, 0.15) is 0 Å². The highest BCUT2D eigenvalue weighted by molar-refractivity contribution is 8.13. The summed E-state index contributed by atoms with van der Waals surface area (Å²) in [6.07, 6.45) is 2.09. The summed E-state index contributed by atoms with van der Waals surface area (Å²) in [5, 5.41) is 1.10. The van der Waals surface area contributed by atoms with Crippen LogP contribution < -0.4 is 0 Å². The summed E-state index contributed by atoms with van der Waals surface area (Å²) in [7, 11) is 0. The molecule has 0 unspecified atom stereocenters. The first-order chi connectivity index (χ1) is 9.36. The van der Waals surface area contributed by atoms with Crippen molar-refractivity contribution in [3.63, 3.8) is 0 Å². The molecule has 0 amide bonds. The molecular weight excluding hydrogens is 252 g/mol. The fraction of sp³-hybridized carbons (Fsp3) is 0.188. The van der Waals surface area contributed by atoms with Crippen LogP contribution in [0.2, 0.25) is 0 Å². The van der Waals surface area contributed by atoms with Gasteiger partial charge in [-0.05, 0) is 23.4 Å². The largest absolute Gasteiger partial charge is 0.342 e. The summed E-state index contributed by atoms with van der Waals surface area (Å²) >= 11 is 1.71. The van der Waals surface area contributed by atoms with Gasteiger partial charge in [-0.3, -0.25) is 0 Å². The van der Waals surface area contributed by atoms with Gasteiger partial charge in [0.05, 0.1) is 5.69 Å². The molecule has 2 aromatic carbocycles. The standard InChI is InChI=1S/C16H16N2S/c1-19-16-17-15-10-6-5-9-14(15)12-18(16)11-13-7-3-2-4-8-13/h2-10H,11-12H2,1H3. The van der Waals surface area contributed by atoms with Crippen LogP contribution in [-0.2, 0) is 13.1 Å². The molecule has 3 heteroatoms. The molecule has 2 nitrogen and oxygen atoms in total. The Labute approximate surface area is 118 Å². The van der Waals surface area contributed by atoms with E-state index in [1.54, 1.807) is 11.8 Å². The van der Waals surface area contributed by atoms with Crippen LogP contribution in [0, 0.1) is 0 Å². The van der Waals surface area contributed by atoms with Crippen molar-refractivity contribution >= 4 is 22.6 Å². The van der Waals surface area contributed by atoms with Gasteiger partial charge in [0, 0.05) is 13.1 Å². The Morgan fingerprint density at radius 1 is 1.05 bits per heavy atom. The van der Waals surface area contributed by atoms with Crippen LogP contribution in [0.3, 0.4) is 0 Å². The number of nitrogens with zero attached hydrogens (tertiary/aromatic N) is 2. The van der Waals surface area contributed by atoms with E-state index in [0.29, 0.717) is 0 Å². The minimum absolute atomic E-state index is 0.912. The molecule has 0 bridgehead atoms. The number of rotatable bonds is 2. The number of para-hydroxylation sites is 1. The Balaban J connectivity index is 1.88. The zero-order valence-corrected chi connectivity index (χ0v) is 11.7. The molecule has 1 aliphatic heterocycles. The fourth-order valence-corrected chi connectivity index (χ4v) is 2.88. The minimum atomic E-state index is 0.912. The average Bonchev–Trinajstić information content (AvgIpc) is 2.47. The fourth-order valence-electron chi connectivity index (χ4n) is 2.30. The van der Waals surface area contributed by atoms with Crippen molar-refractivity contribution in [1.29, 1.82) is 0 Å². The van der Waals surface area contributed by atoms with Crippen LogP contribution in [0.25, 0.3) is 0 Å². The van der Waals surface area contributed by atoms with Gasteiger partial charge >= 0.3 is 0 Å². The van der Waals surface area contributed by atoms with E-state index in [4.69, 9.17) is 4.99 Å². The van der Waals surface area contributed by atoms with E-state index in [1.165, 1.54) is 11.1 Å². The molecule has 3 rings (SSSR count). The number of hydrogen-bond acceptors (Lipinski definition) is 3. The van der Waals surface area contributed by atoms with Gasteiger partial charge in [-0.2, -0.15) is 0 Å². The normalized spacial score (nSPS) is 13.9. The molecule has 19 heavy (non-hydrogen) atoms. The van der Waals surface area contributed by atoms with Crippen molar-refractivity contribution in [2.24, 2.45) is 4.99 Å². The highest BCUT2D eigenvalue weighted by atomic mass is 32.2. The molecular formula is C16H16N2S. The summed E-state index contributed by atoms with van der Waals surface area (Å²) in [6.45, 7) is 1.85. The SMILES string of the molecule is CSC1=Nc2ccccc2CN1Cc1ccccc1. The van der Waals surface area contributed by atoms with Crippen molar-refractivity contribution < 1.29 is 0 Å². The molecule has 0 saturated heterocycles. The summed E-state index contributed by atoms with van der Waals surface area (Å²) in [6, 6.07) is 18.9. The molecule has 96 valence electrons. The topological polar surface area (TPSA) is 15.6 Å². The highest BCUT2D eigenvalue weighted by Gasteiger charge is 2.18. The lowest BCUT2D eigenvalue weighted by molar-refractivity contribution is 0.410. The molecule has 2 aromatic rings. The van der Waals surface area contributed by atoms with Gasteiger partial charge in [-0.15, -0.1) is 0 Å². The van der Waals surface area contributed by atoms with E-state index in [2.05, 4.69) is 59.7 Å². The van der Waals surface area contributed by atoms with Gasteiger partial charge in [-0.25, -0.2) is 4.99 Å². The van der Waals surface area contributed by atoms with Crippen molar-refractivity contribution in [1.82, 2.24) is 4.90 Å². The lowest BCUT2D eigenvalue weighted by Gasteiger charge is -2.29. The summed E-state index contributed by atoms with van der Waals surface area (Å²) in [5.41, 5.74) is 3.73. The van der Waals surface area contributed by atoms with E-state index in [1.807, 2.05) is 6.07 Å². The zero-order chi connectivity index (χ0) is 13.1. The maximum atomic E-state index is 4.75. The summed E-state index contributed by atoms with van der Waals surface area (Å²) in [5.74, 6) is 0. The van der Waals surface area contributed by atoms with E-state index in [9.17, 15) is 0 Å². The molecule has 0 atom stereocenters. The highest BCUT2D eigenvalue weighted by Crippen LogP contribution is 2.29.